The maximum atomic E-state index is 12.2. The fourth-order valence-electron chi connectivity index (χ4n) is 2.67. The average Bonchev–Trinajstić information content (AvgIpc) is 3.34. The Balaban J connectivity index is 1.50. The van der Waals surface area contributed by atoms with Crippen molar-refractivity contribution in [3.63, 3.8) is 0 Å². The molecule has 0 aliphatic carbocycles. The van der Waals surface area contributed by atoms with Crippen molar-refractivity contribution in [2.75, 3.05) is 0 Å². The second-order valence-electron chi connectivity index (χ2n) is 5.55. The first kappa shape index (κ1) is 14.9. The van der Waals surface area contributed by atoms with Crippen LogP contribution in [0.15, 0.2) is 58.2 Å². The number of carbonyl (C=O) groups is 1. The lowest BCUT2D eigenvalue weighted by Crippen LogP contribution is -2.18. The Bertz CT molecular complexity index is 1060. The van der Waals surface area contributed by atoms with Crippen molar-refractivity contribution >= 4 is 23.0 Å². The summed E-state index contributed by atoms with van der Waals surface area (Å²) in [5.74, 6) is 0.215. The van der Waals surface area contributed by atoms with Gasteiger partial charge in [0, 0.05) is 28.2 Å². The molecule has 0 bridgehead atoms. The van der Waals surface area contributed by atoms with Gasteiger partial charge < -0.3 is 9.40 Å². The Kier molecular flexibility index (Phi) is 3.66. The molecule has 0 aliphatic rings. The molecule has 3 aromatic heterocycles. The van der Waals surface area contributed by atoms with Crippen molar-refractivity contribution in [1.29, 1.82) is 0 Å². The highest BCUT2D eigenvalue weighted by atomic mass is 16.3. The lowest BCUT2D eigenvalue weighted by atomic mass is 10.1. The molecule has 1 aromatic carbocycles. The number of aromatic nitrogens is 3. The maximum absolute atomic E-state index is 12.2. The molecule has 0 unspecified atom stereocenters. The first-order valence-corrected chi connectivity index (χ1v) is 7.72. The molecule has 0 saturated carbocycles. The van der Waals surface area contributed by atoms with Crippen LogP contribution in [0.5, 0.6) is 0 Å². The van der Waals surface area contributed by atoms with Gasteiger partial charge >= 0.3 is 0 Å². The smallest absolute Gasteiger partial charge is 0.291 e. The standard InChI is InChI=1S/C18H15N5O2/c1-11-13(12-5-2-3-6-14(12)20-11)10-19-23-18(24)16-9-15(21-22-16)17-7-4-8-25-17/h2-10,20H,1H3,(H,21,22)(H,23,24)/b19-10-. The number of para-hydroxylation sites is 1. The molecule has 0 fully saturated rings. The monoisotopic (exact) mass is 333 g/mol. The van der Waals surface area contributed by atoms with Crippen LogP contribution in [0.1, 0.15) is 21.7 Å². The quantitative estimate of drug-likeness (QED) is 0.395. The number of nitrogens with zero attached hydrogens (tertiary/aromatic N) is 2. The minimum atomic E-state index is -0.400. The van der Waals surface area contributed by atoms with Gasteiger partial charge in [0.1, 0.15) is 5.69 Å². The second kappa shape index (κ2) is 6.12. The van der Waals surface area contributed by atoms with E-state index in [1.165, 1.54) is 0 Å². The number of aromatic amines is 2. The van der Waals surface area contributed by atoms with Gasteiger partial charge in [-0.1, -0.05) is 18.2 Å². The molecule has 1 amide bonds. The van der Waals surface area contributed by atoms with E-state index >= 15 is 0 Å². The Hall–Kier alpha value is -3.61. The molecule has 4 aromatic rings. The molecule has 3 N–H and O–H groups in total. The zero-order chi connectivity index (χ0) is 17.2. The van der Waals surface area contributed by atoms with Gasteiger partial charge in [-0.05, 0) is 25.1 Å². The molecule has 0 radical (unpaired) electrons. The van der Waals surface area contributed by atoms with Crippen molar-refractivity contribution in [2.24, 2.45) is 5.10 Å². The molecular weight excluding hydrogens is 318 g/mol. The Morgan fingerprint density at radius 2 is 2.16 bits per heavy atom. The van der Waals surface area contributed by atoms with Crippen molar-refractivity contribution in [3.05, 3.63) is 65.7 Å². The fourth-order valence-corrected chi connectivity index (χ4v) is 2.67. The summed E-state index contributed by atoms with van der Waals surface area (Å²) < 4.78 is 5.26. The van der Waals surface area contributed by atoms with Crippen molar-refractivity contribution in [1.82, 2.24) is 20.6 Å². The van der Waals surface area contributed by atoms with Gasteiger partial charge in [0.2, 0.25) is 0 Å². The van der Waals surface area contributed by atoms with Gasteiger partial charge in [0.25, 0.3) is 5.91 Å². The Morgan fingerprint density at radius 3 is 3.00 bits per heavy atom. The second-order valence-corrected chi connectivity index (χ2v) is 5.55. The molecule has 0 spiro atoms. The van der Waals surface area contributed by atoms with Crippen LogP contribution in [0.2, 0.25) is 0 Å². The molecule has 124 valence electrons. The number of hydrogen-bond donors (Lipinski definition) is 3. The molecular formula is C18H15N5O2. The summed E-state index contributed by atoms with van der Waals surface area (Å²) in [6.07, 6.45) is 3.19. The first-order valence-electron chi connectivity index (χ1n) is 7.72. The van der Waals surface area contributed by atoms with E-state index in [1.807, 2.05) is 31.2 Å². The third kappa shape index (κ3) is 2.83. The zero-order valence-electron chi connectivity index (χ0n) is 13.4. The predicted octanol–water partition coefficient (Wildman–Crippen LogP) is 3.22. The number of rotatable bonds is 4. The summed E-state index contributed by atoms with van der Waals surface area (Å²) in [6.45, 7) is 1.96. The van der Waals surface area contributed by atoms with E-state index in [-0.39, 0.29) is 5.69 Å². The SMILES string of the molecule is Cc1[nH]c2ccccc2c1/C=N\NC(=O)c1cc(-c2ccco2)[nH]n1. The van der Waals surface area contributed by atoms with Gasteiger partial charge in [-0.2, -0.15) is 10.2 Å². The third-order valence-corrected chi connectivity index (χ3v) is 3.90. The number of amides is 1. The van der Waals surface area contributed by atoms with Crippen molar-refractivity contribution in [2.45, 2.75) is 6.92 Å². The minimum absolute atomic E-state index is 0.235. The van der Waals surface area contributed by atoms with Crippen LogP contribution in [-0.2, 0) is 0 Å². The molecule has 3 heterocycles. The van der Waals surface area contributed by atoms with E-state index in [1.54, 1.807) is 30.7 Å². The first-order chi connectivity index (χ1) is 12.2. The minimum Gasteiger partial charge on any atom is -0.463 e. The molecule has 4 rings (SSSR count). The molecule has 0 atom stereocenters. The summed E-state index contributed by atoms with van der Waals surface area (Å²) in [4.78, 5) is 15.4. The van der Waals surface area contributed by atoms with Gasteiger partial charge in [0.05, 0.1) is 12.5 Å². The lowest BCUT2D eigenvalue weighted by Gasteiger charge is -1.96. The lowest BCUT2D eigenvalue weighted by molar-refractivity contribution is 0.0950. The van der Waals surface area contributed by atoms with Crippen LogP contribution in [0.3, 0.4) is 0 Å². The highest BCUT2D eigenvalue weighted by Gasteiger charge is 2.12. The number of hydrazone groups is 1. The number of aryl methyl sites for hydroxylation is 1. The van der Waals surface area contributed by atoms with Gasteiger partial charge in [-0.15, -0.1) is 0 Å². The summed E-state index contributed by atoms with van der Waals surface area (Å²) in [5, 5.41) is 11.8. The van der Waals surface area contributed by atoms with Crippen LogP contribution >= 0.6 is 0 Å². The number of carbonyl (C=O) groups excluding carboxylic acids is 1. The largest absolute Gasteiger partial charge is 0.463 e. The van der Waals surface area contributed by atoms with E-state index < -0.39 is 5.91 Å². The fraction of sp³-hybridized carbons (Fsp3) is 0.0556. The molecule has 7 heteroatoms. The molecule has 0 aliphatic heterocycles. The van der Waals surface area contributed by atoms with Crippen LogP contribution < -0.4 is 5.43 Å². The van der Waals surface area contributed by atoms with Crippen LogP contribution in [0.25, 0.3) is 22.4 Å². The summed E-state index contributed by atoms with van der Waals surface area (Å²) >= 11 is 0. The van der Waals surface area contributed by atoms with E-state index in [4.69, 9.17) is 4.42 Å². The van der Waals surface area contributed by atoms with Crippen LogP contribution in [0, 0.1) is 6.92 Å². The number of fused-ring (bicyclic) bond motifs is 1. The number of benzene rings is 1. The van der Waals surface area contributed by atoms with E-state index in [9.17, 15) is 4.79 Å². The van der Waals surface area contributed by atoms with Crippen molar-refractivity contribution < 1.29 is 9.21 Å². The van der Waals surface area contributed by atoms with Gasteiger partial charge in [-0.3, -0.25) is 9.89 Å². The zero-order valence-corrected chi connectivity index (χ0v) is 13.4. The molecule has 7 nitrogen and oxygen atoms in total. The van der Waals surface area contributed by atoms with Crippen molar-refractivity contribution in [3.8, 4) is 11.5 Å². The average molecular weight is 333 g/mol. The van der Waals surface area contributed by atoms with Crippen LogP contribution in [-0.4, -0.2) is 27.3 Å². The van der Waals surface area contributed by atoms with E-state index in [0.29, 0.717) is 11.5 Å². The predicted molar refractivity (Wildman–Crippen MR) is 94.4 cm³/mol. The van der Waals surface area contributed by atoms with Gasteiger partial charge in [-0.25, -0.2) is 5.43 Å². The molecule has 0 saturated heterocycles. The van der Waals surface area contributed by atoms with E-state index in [0.717, 1.165) is 22.2 Å². The number of hydrogen-bond acceptors (Lipinski definition) is 4. The number of nitrogens with one attached hydrogen (secondary N) is 3. The molecule has 25 heavy (non-hydrogen) atoms. The Morgan fingerprint density at radius 1 is 1.28 bits per heavy atom. The summed E-state index contributed by atoms with van der Waals surface area (Å²) in [5.41, 5.74) is 6.31. The van der Waals surface area contributed by atoms with Crippen LogP contribution in [0.4, 0.5) is 0 Å². The highest BCUT2D eigenvalue weighted by Crippen LogP contribution is 2.20. The normalized spacial score (nSPS) is 11.4. The van der Waals surface area contributed by atoms with E-state index in [2.05, 4.69) is 25.7 Å². The summed E-state index contributed by atoms with van der Waals surface area (Å²) in [7, 11) is 0. The third-order valence-electron chi connectivity index (χ3n) is 3.90. The number of H-pyrrole nitrogens is 2. The Labute approximate surface area is 142 Å². The maximum Gasteiger partial charge on any atom is 0.291 e. The number of furan rings is 1. The topological polar surface area (TPSA) is 99.1 Å². The summed E-state index contributed by atoms with van der Waals surface area (Å²) in [6, 6.07) is 13.1. The highest BCUT2D eigenvalue weighted by molar-refractivity contribution is 6.01. The van der Waals surface area contributed by atoms with Gasteiger partial charge in [0.15, 0.2) is 11.5 Å².